The first-order valence-corrected chi connectivity index (χ1v) is 7.72. The predicted molar refractivity (Wildman–Crippen MR) is 75.4 cm³/mol. The van der Waals surface area contributed by atoms with Crippen LogP contribution in [0.5, 0.6) is 0 Å². The second-order valence-corrected chi connectivity index (χ2v) is 5.98. The molecule has 0 aromatic rings. The Morgan fingerprint density at radius 1 is 1.16 bits per heavy atom. The fourth-order valence-electron chi connectivity index (χ4n) is 2.66. The van der Waals surface area contributed by atoms with E-state index < -0.39 is 0 Å². The van der Waals surface area contributed by atoms with Crippen LogP contribution < -0.4 is 5.32 Å². The Bertz CT molecular complexity index is 238. The molecule has 0 unspecified atom stereocenters. The number of rotatable bonds is 10. The van der Waals surface area contributed by atoms with Crippen LogP contribution in [-0.2, 0) is 14.2 Å². The maximum Gasteiger partial charge on any atom is 0.0487 e. The maximum absolute atomic E-state index is 5.74. The minimum atomic E-state index is 0.405. The van der Waals surface area contributed by atoms with E-state index in [1.165, 1.54) is 25.7 Å². The monoisotopic (exact) mass is 271 g/mol. The van der Waals surface area contributed by atoms with Crippen LogP contribution in [0, 0.1) is 5.41 Å². The van der Waals surface area contributed by atoms with Crippen LogP contribution in [0.3, 0.4) is 0 Å². The fraction of sp³-hybridized carbons (Fsp3) is 1.00. The van der Waals surface area contributed by atoms with Crippen LogP contribution in [0.25, 0.3) is 0 Å². The van der Waals surface area contributed by atoms with Crippen LogP contribution in [0.15, 0.2) is 0 Å². The molecule has 1 heterocycles. The van der Waals surface area contributed by atoms with Gasteiger partial charge in [-0.1, -0.05) is 0 Å². The van der Waals surface area contributed by atoms with E-state index >= 15 is 0 Å². The first-order chi connectivity index (χ1) is 9.35. The van der Waals surface area contributed by atoms with Gasteiger partial charge in [-0.25, -0.2) is 0 Å². The van der Waals surface area contributed by atoms with Crippen molar-refractivity contribution in [3.05, 3.63) is 0 Å². The van der Waals surface area contributed by atoms with Crippen molar-refractivity contribution in [3.63, 3.8) is 0 Å². The van der Waals surface area contributed by atoms with Gasteiger partial charge in [0.05, 0.1) is 0 Å². The SMILES string of the molecule is COCCCOCCC1(CNC2CC2)CCOCC1. The number of methoxy groups -OCH3 is 1. The standard InChI is InChI=1S/C15H29NO3/c1-17-8-2-9-18-10-5-15(6-11-19-12-7-15)13-16-14-3-4-14/h14,16H,2-13H2,1H3. The van der Waals surface area contributed by atoms with Crippen LogP contribution in [0.4, 0.5) is 0 Å². The molecule has 2 aliphatic rings. The molecule has 1 aliphatic heterocycles. The highest BCUT2D eigenvalue weighted by atomic mass is 16.5. The van der Waals surface area contributed by atoms with Crippen LogP contribution in [-0.4, -0.2) is 52.7 Å². The quantitative estimate of drug-likeness (QED) is 0.617. The molecule has 19 heavy (non-hydrogen) atoms. The van der Waals surface area contributed by atoms with Gasteiger partial charge in [0, 0.05) is 52.7 Å². The summed E-state index contributed by atoms with van der Waals surface area (Å²) in [7, 11) is 1.74. The van der Waals surface area contributed by atoms with Gasteiger partial charge in [0.1, 0.15) is 0 Å². The zero-order chi connectivity index (χ0) is 13.4. The minimum Gasteiger partial charge on any atom is -0.385 e. The number of ether oxygens (including phenoxy) is 3. The molecule has 0 atom stereocenters. The number of hydrogen-bond donors (Lipinski definition) is 1. The Balaban J connectivity index is 1.64. The van der Waals surface area contributed by atoms with Crippen molar-refractivity contribution in [2.75, 3.05) is 46.7 Å². The first kappa shape index (κ1) is 15.2. The largest absolute Gasteiger partial charge is 0.385 e. The molecule has 1 saturated carbocycles. The Morgan fingerprint density at radius 2 is 1.95 bits per heavy atom. The third-order valence-corrected chi connectivity index (χ3v) is 4.31. The van der Waals surface area contributed by atoms with Crippen molar-refractivity contribution in [2.45, 2.75) is 44.6 Å². The van der Waals surface area contributed by atoms with E-state index in [0.717, 1.165) is 58.5 Å². The first-order valence-electron chi connectivity index (χ1n) is 7.72. The van der Waals surface area contributed by atoms with Crippen LogP contribution in [0.1, 0.15) is 38.5 Å². The van der Waals surface area contributed by atoms with Crippen molar-refractivity contribution in [1.82, 2.24) is 5.32 Å². The summed E-state index contributed by atoms with van der Waals surface area (Å²) in [6.45, 7) is 5.45. The van der Waals surface area contributed by atoms with E-state index in [0.29, 0.717) is 5.41 Å². The van der Waals surface area contributed by atoms with Crippen LogP contribution >= 0.6 is 0 Å². The Kier molecular flexibility index (Phi) is 6.57. The lowest BCUT2D eigenvalue weighted by Gasteiger charge is -2.37. The molecule has 0 radical (unpaired) electrons. The van der Waals surface area contributed by atoms with Gasteiger partial charge in [-0.05, 0) is 43.9 Å². The molecule has 0 spiro atoms. The van der Waals surface area contributed by atoms with Crippen molar-refractivity contribution >= 4 is 0 Å². The molecule has 0 bridgehead atoms. The molecule has 2 rings (SSSR count). The molecular weight excluding hydrogens is 242 g/mol. The lowest BCUT2D eigenvalue weighted by molar-refractivity contribution is -0.00772. The van der Waals surface area contributed by atoms with Gasteiger partial charge in [0.15, 0.2) is 0 Å². The Labute approximate surface area is 117 Å². The van der Waals surface area contributed by atoms with Gasteiger partial charge >= 0.3 is 0 Å². The summed E-state index contributed by atoms with van der Waals surface area (Å²) in [4.78, 5) is 0. The average Bonchev–Trinajstić information content (AvgIpc) is 3.26. The molecule has 1 saturated heterocycles. The summed E-state index contributed by atoms with van der Waals surface area (Å²) in [6, 6.07) is 0.794. The molecule has 4 nitrogen and oxygen atoms in total. The molecule has 0 aromatic carbocycles. The summed E-state index contributed by atoms with van der Waals surface area (Å²) in [5.41, 5.74) is 0.405. The van der Waals surface area contributed by atoms with Gasteiger partial charge in [0.25, 0.3) is 0 Å². The highest BCUT2D eigenvalue weighted by molar-refractivity contribution is 4.89. The zero-order valence-electron chi connectivity index (χ0n) is 12.3. The molecule has 1 aliphatic carbocycles. The predicted octanol–water partition coefficient (Wildman–Crippen LogP) is 1.98. The van der Waals surface area contributed by atoms with Crippen molar-refractivity contribution in [3.8, 4) is 0 Å². The van der Waals surface area contributed by atoms with E-state index in [2.05, 4.69) is 5.32 Å². The van der Waals surface area contributed by atoms with Gasteiger partial charge in [-0.15, -0.1) is 0 Å². The normalized spacial score (nSPS) is 22.6. The molecule has 0 amide bonds. The van der Waals surface area contributed by atoms with E-state index in [1.54, 1.807) is 7.11 Å². The van der Waals surface area contributed by atoms with E-state index in [1.807, 2.05) is 0 Å². The fourth-order valence-corrected chi connectivity index (χ4v) is 2.66. The van der Waals surface area contributed by atoms with Gasteiger partial charge < -0.3 is 19.5 Å². The molecular formula is C15H29NO3. The van der Waals surface area contributed by atoms with Gasteiger partial charge in [-0.2, -0.15) is 0 Å². The van der Waals surface area contributed by atoms with Crippen molar-refractivity contribution < 1.29 is 14.2 Å². The molecule has 2 fully saturated rings. The zero-order valence-corrected chi connectivity index (χ0v) is 12.3. The van der Waals surface area contributed by atoms with Crippen LogP contribution in [0.2, 0.25) is 0 Å². The molecule has 0 aromatic heterocycles. The van der Waals surface area contributed by atoms with Gasteiger partial charge in [-0.3, -0.25) is 0 Å². The summed E-state index contributed by atoms with van der Waals surface area (Å²) < 4.78 is 16.3. The lowest BCUT2D eigenvalue weighted by Crippen LogP contribution is -2.40. The maximum atomic E-state index is 5.74. The smallest absolute Gasteiger partial charge is 0.0487 e. The van der Waals surface area contributed by atoms with Crippen molar-refractivity contribution in [2.24, 2.45) is 5.41 Å². The van der Waals surface area contributed by atoms with E-state index in [9.17, 15) is 0 Å². The summed E-state index contributed by atoms with van der Waals surface area (Å²) in [6.07, 6.45) is 7.22. The second kappa shape index (κ2) is 8.20. The summed E-state index contributed by atoms with van der Waals surface area (Å²) >= 11 is 0. The highest BCUT2D eigenvalue weighted by Gasteiger charge is 2.34. The van der Waals surface area contributed by atoms with Gasteiger partial charge in [0.2, 0.25) is 0 Å². The highest BCUT2D eigenvalue weighted by Crippen LogP contribution is 2.34. The lowest BCUT2D eigenvalue weighted by atomic mass is 9.77. The topological polar surface area (TPSA) is 39.7 Å². The van der Waals surface area contributed by atoms with E-state index in [-0.39, 0.29) is 0 Å². The third-order valence-electron chi connectivity index (χ3n) is 4.31. The van der Waals surface area contributed by atoms with Crippen molar-refractivity contribution in [1.29, 1.82) is 0 Å². The molecule has 112 valence electrons. The number of hydrogen-bond acceptors (Lipinski definition) is 4. The number of nitrogens with one attached hydrogen (secondary N) is 1. The molecule has 4 heteroatoms. The third kappa shape index (κ3) is 5.78. The summed E-state index contributed by atoms with van der Waals surface area (Å²) in [5, 5.41) is 3.70. The Morgan fingerprint density at radius 3 is 2.63 bits per heavy atom. The minimum absolute atomic E-state index is 0.405. The Hall–Kier alpha value is -0.160. The molecule has 1 N–H and O–H groups in total. The average molecular weight is 271 g/mol. The van der Waals surface area contributed by atoms with E-state index in [4.69, 9.17) is 14.2 Å². The summed E-state index contributed by atoms with van der Waals surface area (Å²) in [5.74, 6) is 0. The second-order valence-electron chi connectivity index (χ2n) is 5.98.